The molecule has 2 aromatic carbocycles. The number of nitrogens with one attached hydrogen (secondary N) is 1. The molecule has 1 N–H and O–H groups in total. The van der Waals surface area contributed by atoms with E-state index < -0.39 is 4.92 Å². The van der Waals surface area contributed by atoms with E-state index in [4.69, 9.17) is 9.47 Å². The molecule has 2 aromatic rings. The molecular weight excluding hydrogens is 446 g/mol. The maximum atomic E-state index is 10.6. The van der Waals surface area contributed by atoms with Gasteiger partial charge in [-0.2, -0.15) is 5.10 Å². The first-order valence-electron chi connectivity index (χ1n) is 6.61. The number of nitrogens with zero attached hydrogens (tertiary/aromatic N) is 2. The standard InChI is InChI=1S/C15H13Br2N3O4/c1-23-12-7-9(13(16)14(17)15(12)24-2)8-18-19-10-3-5-11(6-4-10)20(21)22/h3-8,19H,1-2H3. The molecule has 0 radical (unpaired) electrons. The fourth-order valence-electron chi connectivity index (χ4n) is 1.87. The van der Waals surface area contributed by atoms with Crippen LogP contribution >= 0.6 is 31.9 Å². The molecule has 0 atom stereocenters. The summed E-state index contributed by atoms with van der Waals surface area (Å²) in [6, 6.07) is 7.74. The fraction of sp³-hybridized carbons (Fsp3) is 0.133. The summed E-state index contributed by atoms with van der Waals surface area (Å²) in [5.74, 6) is 1.13. The van der Waals surface area contributed by atoms with Crippen LogP contribution in [0.4, 0.5) is 11.4 Å². The number of benzene rings is 2. The second kappa shape index (κ2) is 8.11. The molecule has 0 saturated heterocycles. The van der Waals surface area contributed by atoms with Crippen molar-refractivity contribution in [3.63, 3.8) is 0 Å². The molecule has 0 saturated carbocycles. The molecule has 0 amide bonds. The second-order valence-corrected chi connectivity index (χ2v) is 6.09. The summed E-state index contributed by atoms with van der Waals surface area (Å²) in [6.07, 6.45) is 1.60. The fourth-order valence-corrected chi connectivity index (χ4v) is 2.86. The van der Waals surface area contributed by atoms with Crippen molar-refractivity contribution in [1.29, 1.82) is 0 Å². The average Bonchev–Trinajstić information content (AvgIpc) is 2.58. The van der Waals surface area contributed by atoms with Gasteiger partial charge in [0.2, 0.25) is 0 Å². The SMILES string of the molecule is COc1cc(C=NNc2ccc([N+](=O)[O-])cc2)c(Br)c(Br)c1OC. The number of ether oxygens (including phenoxy) is 2. The van der Waals surface area contributed by atoms with Crippen LogP contribution in [-0.2, 0) is 0 Å². The van der Waals surface area contributed by atoms with Crippen LogP contribution in [-0.4, -0.2) is 25.4 Å². The van der Waals surface area contributed by atoms with Crippen molar-refractivity contribution in [2.75, 3.05) is 19.6 Å². The quantitative estimate of drug-likeness (QED) is 0.389. The van der Waals surface area contributed by atoms with Crippen LogP contribution in [0.1, 0.15) is 5.56 Å². The van der Waals surface area contributed by atoms with Gasteiger partial charge in [-0.1, -0.05) is 0 Å². The van der Waals surface area contributed by atoms with Crippen LogP contribution in [0, 0.1) is 10.1 Å². The van der Waals surface area contributed by atoms with E-state index in [9.17, 15) is 10.1 Å². The molecule has 0 spiro atoms. The van der Waals surface area contributed by atoms with Crippen LogP contribution in [0.25, 0.3) is 0 Å². The van der Waals surface area contributed by atoms with Gasteiger partial charge in [-0.3, -0.25) is 15.5 Å². The maximum Gasteiger partial charge on any atom is 0.269 e. The molecule has 2 rings (SSSR count). The van der Waals surface area contributed by atoms with Gasteiger partial charge in [-0.15, -0.1) is 0 Å². The molecule has 0 bridgehead atoms. The molecule has 9 heteroatoms. The number of halogens is 2. The monoisotopic (exact) mass is 457 g/mol. The molecule has 0 aliphatic heterocycles. The highest BCUT2D eigenvalue weighted by Gasteiger charge is 2.15. The number of anilines is 1. The normalized spacial score (nSPS) is 10.7. The highest BCUT2D eigenvalue weighted by atomic mass is 79.9. The predicted octanol–water partition coefficient (Wildman–Crippen LogP) is 4.58. The van der Waals surface area contributed by atoms with E-state index in [-0.39, 0.29) is 5.69 Å². The zero-order chi connectivity index (χ0) is 17.7. The molecule has 126 valence electrons. The Morgan fingerprint density at radius 2 is 1.83 bits per heavy atom. The van der Waals surface area contributed by atoms with Gasteiger partial charge in [-0.25, -0.2) is 0 Å². The van der Waals surface area contributed by atoms with Crippen molar-refractivity contribution in [3.05, 3.63) is 55.0 Å². The Kier molecular flexibility index (Phi) is 6.16. The van der Waals surface area contributed by atoms with Crippen molar-refractivity contribution in [1.82, 2.24) is 0 Å². The van der Waals surface area contributed by atoms with Gasteiger partial charge in [0.05, 0.1) is 35.5 Å². The summed E-state index contributed by atoms with van der Waals surface area (Å²) in [5.41, 5.74) is 4.23. The number of hydrogen-bond donors (Lipinski definition) is 1. The molecule has 24 heavy (non-hydrogen) atoms. The first-order chi connectivity index (χ1) is 11.5. The van der Waals surface area contributed by atoms with Crippen LogP contribution in [0.5, 0.6) is 11.5 Å². The average molecular weight is 459 g/mol. The third-order valence-electron chi connectivity index (χ3n) is 3.06. The van der Waals surface area contributed by atoms with Gasteiger partial charge in [0.1, 0.15) is 0 Å². The van der Waals surface area contributed by atoms with E-state index in [1.54, 1.807) is 38.6 Å². The lowest BCUT2D eigenvalue weighted by Gasteiger charge is -2.12. The van der Waals surface area contributed by atoms with E-state index in [0.29, 0.717) is 21.7 Å². The second-order valence-electron chi connectivity index (χ2n) is 4.50. The molecule has 0 fully saturated rings. The summed E-state index contributed by atoms with van der Waals surface area (Å²) >= 11 is 6.91. The van der Waals surface area contributed by atoms with E-state index in [0.717, 1.165) is 10.0 Å². The summed E-state index contributed by atoms with van der Waals surface area (Å²) in [6.45, 7) is 0. The molecule has 0 aliphatic rings. The summed E-state index contributed by atoms with van der Waals surface area (Å²) in [4.78, 5) is 10.2. The van der Waals surface area contributed by atoms with Gasteiger partial charge < -0.3 is 9.47 Å². The maximum absolute atomic E-state index is 10.6. The highest BCUT2D eigenvalue weighted by molar-refractivity contribution is 9.13. The Bertz CT molecular complexity index is 779. The Balaban J connectivity index is 2.20. The van der Waals surface area contributed by atoms with Crippen molar-refractivity contribution in [2.45, 2.75) is 0 Å². The number of rotatable bonds is 6. The Morgan fingerprint density at radius 1 is 1.17 bits per heavy atom. The van der Waals surface area contributed by atoms with E-state index in [2.05, 4.69) is 42.4 Å². The first kappa shape index (κ1) is 18.2. The Labute approximate surface area is 155 Å². The highest BCUT2D eigenvalue weighted by Crippen LogP contribution is 2.41. The van der Waals surface area contributed by atoms with Crippen LogP contribution < -0.4 is 14.9 Å². The lowest BCUT2D eigenvalue weighted by atomic mass is 10.2. The lowest BCUT2D eigenvalue weighted by molar-refractivity contribution is -0.384. The minimum atomic E-state index is -0.453. The van der Waals surface area contributed by atoms with Gasteiger partial charge >= 0.3 is 0 Å². The predicted molar refractivity (Wildman–Crippen MR) is 99.3 cm³/mol. The third kappa shape index (κ3) is 4.04. The van der Waals surface area contributed by atoms with Gasteiger partial charge in [-0.05, 0) is 50.1 Å². The largest absolute Gasteiger partial charge is 0.493 e. The Hall–Kier alpha value is -2.13. The van der Waals surface area contributed by atoms with Gasteiger partial charge in [0.25, 0.3) is 5.69 Å². The topological polar surface area (TPSA) is 86.0 Å². The number of nitro benzene ring substituents is 1. The number of methoxy groups -OCH3 is 2. The molecule has 0 heterocycles. The molecule has 0 aromatic heterocycles. The summed E-state index contributed by atoms with van der Waals surface area (Å²) in [5, 5.41) is 14.7. The summed E-state index contributed by atoms with van der Waals surface area (Å²) < 4.78 is 12.0. The van der Waals surface area contributed by atoms with Gasteiger partial charge in [0.15, 0.2) is 11.5 Å². The Morgan fingerprint density at radius 3 is 2.38 bits per heavy atom. The van der Waals surface area contributed by atoms with Crippen LogP contribution in [0.2, 0.25) is 0 Å². The van der Waals surface area contributed by atoms with E-state index in [1.165, 1.54) is 12.1 Å². The van der Waals surface area contributed by atoms with E-state index >= 15 is 0 Å². The number of nitro groups is 1. The van der Waals surface area contributed by atoms with Crippen molar-refractivity contribution in [2.24, 2.45) is 5.10 Å². The third-order valence-corrected chi connectivity index (χ3v) is 5.20. The first-order valence-corrected chi connectivity index (χ1v) is 8.20. The molecule has 7 nitrogen and oxygen atoms in total. The number of hydrazone groups is 1. The van der Waals surface area contributed by atoms with E-state index in [1.807, 2.05) is 0 Å². The minimum Gasteiger partial charge on any atom is -0.493 e. The molecule has 0 aliphatic carbocycles. The molecular formula is C15H13Br2N3O4. The van der Waals surface area contributed by atoms with Crippen LogP contribution in [0.15, 0.2) is 44.4 Å². The van der Waals surface area contributed by atoms with Crippen molar-refractivity contribution >= 4 is 49.4 Å². The zero-order valence-electron chi connectivity index (χ0n) is 12.7. The minimum absolute atomic E-state index is 0.0242. The number of hydrogen-bond acceptors (Lipinski definition) is 6. The number of non-ortho nitro benzene ring substituents is 1. The zero-order valence-corrected chi connectivity index (χ0v) is 15.9. The van der Waals surface area contributed by atoms with Crippen molar-refractivity contribution in [3.8, 4) is 11.5 Å². The van der Waals surface area contributed by atoms with Gasteiger partial charge in [0, 0.05) is 22.2 Å². The van der Waals surface area contributed by atoms with Crippen molar-refractivity contribution < 1.29 is 14.4 Å². The lowest BCUT2D eigenvalue weighted by Crippen LogP contribution is -1.97. The smallest absolute Gasteiger partial charge is 0.269 e. The summed E-state index contributed by atoms with van der Waals surface area (Å²) in [7, 11) is 3.10. The van der Waals surface area contributed by atoms with Crippen LogP contribution in [0.3, 0.4) is 0 Å². The molecule has 0 unspecified atom stereocenters.